The number of benzene rings is 2. The molecular weight excluding hydrogens is 412 g/mol. The van der Waals surface area contributed by atoms with Gasteiger partial charge in [0.05, 0.1) is 10.5 Å². The van der Waals surface area contributed by atoms with Crippen molar-refractivity contribution < 1.29 is 22.0 Å². The first kappa shape index (κ1) is 23.9. The van der Waals surface area contributed by atoms with Crippen molar-refractivity contribution >= 4 is 15.9 Å². The molecule has 6 nitrogen and oxygen atoms in total. The van der Waals surface area contributed by atoms with Crippen molar-refractivity contribution in [1.29, 1.82) is 0 Å². The third-order valence-electron chi connectivity index (χ3n) is 4.29. The van der Waals surface area contributed by atoms with E-state index in [0.717, 1.165) is 18.2 Å². The molecule has 2 rings (SSSR count). The minimum atomic E-state index is -3.90. The summed E-state index contributed by atoms with van der Waals surface area (Å²) in [5, 5.41) is 0. The van der Waals surface area contributed by atoms with E-state index in [9.17, 15) is 22.0 Å². The molecule has 9 heteroatoms. The molecule has 0 bridgehead atoms. The molecule has 0 aliphatic carbocycles. The smallest absolute Gasteiger partial charge is 0.257 e. The fourth-order valence-corrected chi connectivity index (χ4v) is 4.07. The third kappa shape index (κ3) is 6.32. The lowest BCUT2D eigenvalue weighted by Crippen LogP contribution is -2.37. The van der Waals surface area contributed by atoms with Crippen LogP contribution in [0.4, 0.5) is 8.78 Å². The molecule has 0 aliphatic heterocycles. The summed E-state index contributed by atoms with van der Waals surface area (Å²) in [4.78, 5) is 16.1. The Morgan fingerprint density at radius 3 is 2.30 bits per heavy atom. The molecule has 0 aromatic heterocycles. The zero-order valence-corrected chi connectivity index (χ0v) is 18.3. The van der Waals surface area contributed by atoms with Crippen molar-refractivity contribution in [1.82, 2.24) is 14.5 Å². The first-order valence-electron chi connectivity index (χ1n) is 9.50. The summed E-state index contributed by atoms with van der Waals surface area (Å²) in [7, 11) is -0.272. The maximum atomic E-state index is 14.5. The lowest BCUT2D eigenvalue weighted by atomic mass is 10.1. The van der Waals surface area contributed by atoms with Crippen LogP contribution in [0.1, 0.15) is 29.8 Å². The van der Waals surface area contributed by atoms with Gasteiger partial charge >= 0.3 is 0 Å². The number of carbonyl (C=O) groups is 1. The average Bonchev–Trinajstić information content (AvgIpc) is 2.65. The standard InChI is InChI=1S/C21H27F2N3O3S/c1-15(2)24-30(28,29)17-9-10-20(23)18(13-17)21(27)26(12-11-25(3)4)14-16-7-5-6-8-19(16)22/h5-10,13,15,24H,11-12,14H2,1-4H3. The summed E-state index contributed by atoms with van der Waals surface area (Å²) in [6.45, 7) is 3.92. The second kappa shape index (κ2) is 10.1. The summed E-state index contributed by atoms with van der Waals surface area (Å²) in [6, 6.07) is 8.75. The van der Waals surface area contributed by atoms with Crippen molar-refractivity contribution in [2.75, 3.05) is 27.2 Å². The van der Waals surface area contributed by atoms with Crippen LogP contribution >= 0.6 is 0 Å². The number of amides is 1. The van der Waals surface area contributed by atoms with Gasteiger partial charge in [-0.25, -0.2) is 21.9 Å². The number of hydrogen-bond donors (Lipinski definition) is 1. The van der Waals surface area contributed by atoms with Crippen LogP contribution in [0.3, 0.4) is 0 Å². The van der Waals surface area contributed by atoms with Crippen LogP contribution in [0.25, 0.3) is 0 Å². The highest BCUT2D eigenvalue weighted by Crippen LogP contribution is 2.19. The minimum Gasteiger partial charge on any atom is -0.333 e. The second-order valence-electron chi connectivity index (χ2n) is 7.54. The molecule has 0 spiro atoms. The van der Waals surface area contributed by atoms with E-state index in [1.807, 2.05) is 19.0 Å². The molecule has 0 fully saturated rings. The fourth-order valence-electron chi connectivity index (χ4n) is 2.79. The molecule has 0 aliphatic rings. The first-order valence-corrected chi connectivity index (χ1v) is 11.0. The van der Waals surface area contributed by atoms with Gasteiger partial charge in [0, 0.05) is 31.2 Å². The highest BCUT2D eigenvalue weighted by atomic mass is 32.2. The molecule has 1 N–H and O–H groups in total. The van der Waals surface area contributed by atoms with Crippen LogP contribution < -0.4 is 4.72 Å². The van der Waals surface area contributed by atoms with Crippen LogP contribution in [-0.4, -0.2) is 57.4 Å². The molecule has 0 saturated heterocycles. The van der Waals surface area contributed by atoms with Crippen LogP contribution in [0.5, 0.6) is 0 Å². The lowest BCUT2D eigenvalue weighted by Gasteiger charge is -2.25. The number of hydrogen-bond acceptors (Lipinski definition) is 4. The molecular formula is C21H27F2N3O3S. The molecule has 1 amide bonds. The van der Waals surface area contributed by atoms with Crippen molar-refractivity contribution in [3.05, 3.63) is 65.2 Å². The van der Waals surface area contributed by atoms with Gasteiger partial charge in [0.25, 0.3) is 5.91 Å². The van der Waals surface area contributed by atoms with Crippen molar-refractivity contribution in [3.63, 3.8) is 0 Å². The van der Waals surface area contributed by atoms with E-state index >= 15 is 0 Å². The largest absolute Gasteiger partial charge is 0.333 e. The molecule has 0 saturated carbocycles. The van der Waals surface area contributed by atoms with Gasteiger partial charge in [-0.2, -0.15) is 0 Å². The van der Waals surface area contributed by atoms with E-state index in [0.29, 0.717) is 6.54 Å². The second-order valence-corrected chi connectivity index (χ2v) is 9.25. The fraction of sp³-hybridized carbons (Fsp3) is 0.381. The summed E-state index contributed by atoms with van der Waals surface area (Å²) >= 11 is 0. The highest BCUT2D eigenvalue weighted by Gasteiger charge is 2.24. The Morgan fingerprint density at radius 1 is 1.03 bits per heavy atom. The number of sulfonamides is 1. The molecule has 2 aromatic rings. The zero-order valence-electron chi connectivity index (χ0n) is 17.5. The Morgan fingerprint density at radius 2 is 1.70 bits per heavy atom. The highest BCUT2D eigenvalue weighted by molar-refractivity contribution is 7.89. The normalized spacial score (nSPS) is 11.9. The monoisotopic (exact) mass is 439 g/mol. The summed E-state index contributed by atoms with van der Waals surface area (Å²) in [5.74, 6) is -2.02. The average molecular weight is 440 g/mol. The van der Waals surface area contributed by atoms with Gasteiger partial charge in [-0.05, 0) is 52.2 Å². The molecule has 164 valence electrons. The van der Waals surface area contributed by atoms with E-state index in [2.05, 4.69) is 4.72 Å². The van der Waals surface area contributed by atoms with Crippen LogP contribution in [0, 0.1) is 11.6 Å². The van der Waals surface area contributed by atoms with Gasteiger partial charge in [-0.1, -0.05) is 18.2 Å². The van der Waals surface area contributed by atoms with Crippen molar-refractivity contribution in [3.8, 4) is 0 Å². The Balaban J connectivity index is 2.41. The van der Waals surface area contributed by atoms with Gasteiger partial charge < -0.3 is 9.80 Å². The predicted octanol–water partition coefficient (Wildman–Crippen LogP) is 2.86. The summed E-state index contributed by atoms with van der Waals surface area (Å²) < 4.78 is 55.9. The van der Waals surface area contributed by atoms with Crippen molar-refractivity contribution in [2.45, 2.75) is 31.3 Å². The van der Waals surface area contributed by atoms with E-state index < -0.39 is 27.6 Å². The van der Waals surface area contributed by atoms with Gasteiger partial charge in [0.2, 0.25) is 10.0 Å². The summed E-state index contributed by atoms with van der Waals surface area (Å²) in [6.07, 6.45) is 0. The minimum absolute atomic E-state index is 0.0694. The maximum Gasteiger partial charge on any atom is 0.257 e. The molecule has 0 atom stereocenters. The molecule has 30 heavy (non-hydrogen) atoms. The topological polar surface area (TPSA) is 69.7 Å². The van der Waals surface area contributed by atoms with Crippen LogP contribution in [0.2, 0.25) is 0 Å². The van der Waals surface area contributed by atoms with E-state index in [1.54, 1.807) is 32.0 Å². The molecule has 0 unspecified atom stereocenters. The first-order chi connectivity index (χ1) is 14.0. The Labute approximate surface area is 176 Å². The van der Waals surface area contributed by atoms with Gasteiger partial charge in [-0.3, -0.25) is 4.79 Å². The molecule has 0 heterocycles. The summed E-state index contributed by atoms with van der Waals surface area (Å²) in [5.41, 5.74) is -0.0907. The van der Waals surface area contributed by atoms with E-state index in [4.69, 9.17) is 0 Å². The molecule has 2 aromatic carbocycles. The quantitative estimate of drug-likeness (QED) is 0.652. The number of likely N-dealkylation sites (N-methyl/N-ethyl adjacent to an activating group) is 1. The predicted molar refractivity (Wildman–Crippen MR) is 112 cm³/mol. The maximum absolute atomic E-state index is 14.5. The van der Waals surface area contributed by atoms with Gasteiger partial charge in [0.15, 0.2) is 0 Å². The number of halogens is 2. The number of nitrogens with one attached hydrogen (secondary N) is 1. The number of carbonyl (C=O) groups excluding carboxylic acids is 1. The Kier molecular flexibility index (Phi) is 8.05. The Hall–Kier alpha value is -2.36. The van der Waals surface area contributed by atoms with Gasteiger partial charge in [-0.15, -0.1) is 0 Å². The van der Waals surface area contributed by atoms with Crippen LogP contribution in [-0.2, 0) is 16.6 Å². The van der Waals surface area contributed by atoms with E-state index in [-0.39, 0.29) is 35.2 Å². The number of rotatable bonds is 9. The zero-order chi connectivity index (χ0) is 22.5. The van der Waals surface area contributed by atoms with Gasteiger partial charge in [0.1, 0.15) is 11.6 Å². The third-order valence-corrected chi connectivity index (χ3v) is 5.95. The lowest BCUT2D eigenvalue weighted by molar-refractivity contribution is 0.0725. The van der Waals surface area contributed by atoms with Crippen LogP contribution in [0.15, 0.2) is 47.4 Å². The van der Waals surface area contributed by atoms with E-state index in [1.165, 1.54) is 11.0 Å². The SMILES string of the molecule is CC(C)NS(=O)(=O)c1ccc(F)c(C(=O)N(CCN(C)C)Cc2ccccc2F)c1. The number of nitrogens with zero attached hydrogens (tertiary/aromatic N) is 2. The van der Waals surface area contributed by atoms with Crippen molar-refractivity contribution in [2.24, 2.45) is 0 Å². The molecule has 0 radical (unpaired) electrons. The Bertz CT molecular complexity index is 995.